The number of rotatable bonds is 8. The number of ether oxygens (including phenoxy) is 1. The van der Waals surface area contributed by atoms with Crippen LogP contribution in [0, 0.1) is 5.41 Å². The van der Waals surface area contributed by atoms with Crippen LogP contribution in [0.4, 0.5) is 0 Å². The van der Waals surface area contributed by atoms with Gasteiger partial charge in [0.1, 0.15) is 0 Å². The second-order valence-corrected chi connectivity index (χ2v) is 9.37. The lowest BCUT2D eigenvalue weighted by Crippen LogP contribution is -2.43. The molecule has 0 unspecified atom stereocenters. The van der Waals surface area contributed by atoms with Crippen molar-refractivity contribution in [2.75, 3.05) is 33.9 Å². The molecule has 1 saturated carbocycles. The zero-order valence-corrected chi connectivity index (χ0v) is 20.7. The minimum atomic E-state index is 0. The number of nitrogens with one attached hydrogen (secondary N) is 2. The number of guanidine groups is 1. The van der Waals surface area contributed by atoms with Crippen LogP contribution in [0.15, 0.2) is 10.4 Å². The average molecular weight is 509 g/mol. The van der Waals surface area contributed by atoms with Gasteiger partial charge in [-0.3, -0.25) is 4.99 Å². The summed E-state index contributed by atoms with van der Waals surface area (Å²) in [6.45, 7) is 9.28. The molecule has 7 heteroatoms. The minimum Gasteiger partial charge on any atom is -0.385 e. The lowest BCUT2D eigenvalue weighted by molar-refractivity contribution is 0.138. The molecule has 1 aromatic rings. The molecule has 0 bridgehead atoms. The summed E-state index contributed by atoms with van der Waals surface area (Å²) >= 11 is 1.75. The highest BCUT2D eigenvalue weighted by atomic mass is 127. The number of aromatic nitrogens is 1. The highest BCUT2D eigenvalue weighted by Crippen LogP contribution is 2.40. The SMILES string of the molecule is CN=C(NCCc1nc(C(C)(C)C)cs1)NCC1(CCOC)CCCC1.I. The number of thiazole rings is 1. The molecule has 0 atom stereocenters. The summed E-state index contributed by atoms with van der Waals surface area (Å²) in [5.74, 6) is 0.890. The zero-order valence-electron chi connectivity index (χ0n) is 17.6. The maximum atomic E-state index is 5.32. The van der Waals surface area contributed by atoms with Crippen molar-refractivity contribution in [2.24, 2.45) is 10.4 Å². The predicted octanol–water partition coefficient (Wildman–Crippen LogP) is 4.36. The van der Waals surface area contributed by atoms with Crippen LogP contribution >= 0.6 is 35.3 Å². The van der Waals surface area contributed by atoms with Gasteiger partial charge >= 0.3 is 0 Å². The molecular formula is C20H37IN4OS. The summed E-state index contributed by atoms with van der Waals surface area (Å²) in [6.07, 6.45) is 7.29. The van der Waals surface area contributed by atoms with E-state index in [0.29, 0.717) is 5.41 Å². The van der Waals surface area contributed by atoms with Gasteiger partial charge in [0.05, 0.1) is 10.7 Å². The lowest BCUT2D eigenvalue weighted by Gasteiger charge is -2.29. The van der Waals surface area contributed by atoms with Gasteiger partial charge in [0.25, 0.3) is 0 Å². The molecule has 0 spiro atoms. The van der Waals surface area contributed by atoms with Gasteiger partial charge in [-0.05, 0) is 24.7 Å². The summed E-state index contributed by atoms with van der Waals surface area (Å²) in [5, 5.41) is 10.3. The van der Waals surface area contributed by atoms with Gasteiger partial charge in [0, 0.05) is 51.1 Å². The normalized spacial score (nSPS) is 16.9. The third-order valence-electron chi connectivity index (χ3n) is 5.31. The van der Waals surface area contributed by atoms with Crippen LogP contribution in [0.5, 0.6) is 0 Å². The molecular weight excluding hydrogens is 471 g/mol. The summed E-state index contributed by atoms with van der Waals surface area (Å²) in [5.41, 5.74) is 1.67. The number of nitrogens with zero attached hydrogens (tertiary/aromatic N) is 2. The van der Waals surface area contributed by atoms with E-state index in [1.165, 1.54) is 36.4 Å². The van der Waals surface area contributed by atoms with E-state index in [4.69, 9.17) is 9.72 Å². The maximum Gasteiger partial charge on any atom is 0.191 e. The van der Waals surface area contributed by atoms with Crippen LogP contribution < -0.4 is 10.6 Å². The van der Waals surface area contributed by atoms with Crippen LogP contribution in [0.1, 0.15) is 63.6 Å². The Labute approximate surface area is 186 Å². The van der Waals surface area contributed by atoms with Gasteiger partial charge in [0.2, 0.25) is 0 Å². The quantitative estimate of drug-likeness (QED) is 0.311. The molecule has 1 aliphatic carbocycles. The molecule has 0 radical (unpaired) electrons. The van der Waals surface area contributed by atoms with E-state index in [-0.39, 0.29) is 29.4 Å². The Hall–Kier alpha value is -0.410. The van der Waals surface area contributed by atoms with Crippen LogP contribution in [-0.4, -0.2) is 44.8 Å². The first-order chi connectivity index (χ1) is 12.4. The van der Waals surface area contributed by atoms with Crippen LogP contribution in [-0.2, 0) is 16.6 Å². The number of methoxy groups -OCH3 is 1. The van der Waals surface area contributed by atoms with Gasteiger partial charge in [-0.2, -0.15) is 0 Å². The van der Waals surface area contributed by atoms with Crippen molar-refractivity contribution < 1.29 is 4.74 Å². The molecule has 0 saturated heterocycles. The Morgan fingerprint density at radius 1 is 1.30 bits per heavy atom. The minimum absolute atomic E-state index is 0. The van der Waals surface area contributed by atoms with Crippen molar-refractivity contribution in [1.82, 2.24) is 15.6 Å². The first-order valence-electron chi connectivity index (χ1n) is 9.77. The third kappa shape index (κ3) is 7.85. The Morgan fingerprint density at radius 3 is 2.56 bits per heavy atom. The molecule has 2 rings (SSSR count). The molecule has 0 aliphatic heterocycles. The molecule has 156 valence electrons. The molecule has 5 nitrogen and oxygen atoms in total. The van der Waals surface area contributed by atoms with Crippen molar-refractivity contribution in [3.05, 3.63) is 16.1 Å². The van der Waals surface area contributed by atoms with Gasteiger partial charge in [-0.1, -0.05) is 33.6 Å². The van der Waals surface area contributed by atoms with Crippen molar-refractivity contribution in [1.29, 1.82) is 0 Å². The van der Waals surface area contributed by atoms with E-state index in [1.807, 2.05) is 7.05 Å². The number of halogens is 1. The molecule has 1 heterocycles. The van der Waals surface area contributed by atoms with Crippen LogP contribution in [0.3, 0.4) is 0 Å². The number of hydrogen-bond donors (Lipinski definition) is 2. The smallest absolute Gasteiger partial charge is 0.191 e. The summed E-state index contributed by atoms with van der Waals surface area (Å²) in [6, 6.07) is 0. The van der Waals surface area contributed by atoms with E-state index >= 15 is 0 Å². The first kappa shape index (κ1) is 24.6. The largest absolute Gasteiger partial charge is 0.385 e. The molecule has 0 aromatic carbocycles. The average Bonchev–Trinajstić information content (AvgIpc) is 3.26. The topological polar surface area (TPSA) is 58.5 Å². The summed E-state index contributed by atoms with van der Waals surface area (Å²) < 4.78 is 5.32. The zero-order chi connectivity index (χ0) is 19.0. The summed E-state index contributed by atoms with van der Waals surface area (Å²) in [7, 11) is 3.63. The van der Waals surface area contributed by atoms with Gasteiger partial charge in [-0.25, -0.2) is 4.98 Å². The Kier molecular flexibility index (Phi) is 10.5. The fraction of sp³-hybridized carbons (Fsp3) is 0.800. The number of aliphatic imine (C=N–C) groups is 1. The Bertz CT molecular complexity index is 577. The summed E-state index contributed by atoms with van der Waals surface area (Å²) in [4.78, 5) is 9.14. The third-order valence-corrected chi connectivity index (χ3v) is 6.22. The van der Waals surface area contributed by atoms with Gasteiger partial charge in [-0.15, -0.1) is 35.3 Å². The van der Waals surface area contributed by atoms with Gasteiger partial charge in [0.15, 0.2) is 5.96 Å². The highest BCUT2D eigenvalue weighted by molar-refractivity contribution is 14.0. The van der Waals surface area contributed by atoms with E-state index in [0.717, 1.165) is 38.5 Å². The number of hydrogen-bond acceptors (Lipinski definition) is 4. The Balaban J connectivity index is 0.00000364. The van der Waals surface area contributed by atoms with Crippen molar-refractivity contribution in [2.45, 2.75) is 64.7 Å². The van der Waals surface area contributed by atoms with E-state index < -0.39 is 0 Å². The molecule has 1 aliphatic rings. The standard InChI is InChI=1S/C20H36N4OS.HI/c1-19(2,3)16-14-26-17(24-16)8-12-22-18(21-4)23-15-20(11-13-25-5)9-6-7-10-20;/h14H,6-13,15H2,1-5H3,(H2,21,22,23);1H. The van der Waals surface area contributed by atoms with Crippen LogP contribution in [0.25, 0.3) is 0 Å². The maximum absolute atomic E-state index is 5.32. The predicted molar refractivity (Wildman–Crippen MR) is 127 cm³/mol. The monoisotopic (exact) mass is 508 g/mol. The van der Waals surface area contributed by atoms with E-state index in [9.17, 15) is 0 Å². The Morgan fingerprint density at radius 2 is 2.00 bits per heavy atom. The van der Waals surface area contributed by atoms with Crippen molar-refractivity contribution >= 4 is 41.3 Å². The van der Waals surface area contributed by atoms with E-state index in [2.05, 4.69) is 41.8 Å². The van der Waals surface area contributed by atoms with E-state index in [1.54, 1.807) is 18.4 Å². The molecule has 1 fully saturated rings. The second kappa shape index (κ2) is 11.6. The van der Waals surface area contributed by atoms with Crippen LogP contribution in [0.2, 0.25) is 0 Å². The van der Waals surface area contributed by atoms with Crippen molar-refractivity contribution in [3.8, 4) is 0 Å². The molecule has 1 aromatic heterocycles. The van der Waals surface area contributed by atoms with Gasteiger partial charge < -0.3 is 15.4 Å². The highest BCUT2D eigenvalue weighted by Gasteiger charge is 2.33. The first-order valence-corrected chi connectivity index (χ1v) is 10.6. The fourth-order valence-corrected chi connectivity index (χ4v) is 4.53. The molecule has 0 amide bonds. The molecule has 2 N–H and O–H groups in total. The lowest BCUT2D eigenvalue weighted by atomic mass is 9.83. The fourth-order valence-electron chi connectivity index (χ4n) is 3.51. The molecule has 27 heavy (non-hydrogen) atoms. The second-order valence-electron chi connectivity index (χ2n) is 8.43. The van der Waals surface area contributed by atoms with Crippen molar-refractivity contribution in [3.63, 3.8) is 0 Å².